The van der Waals surface area contributed by atoms with Crippen LogP contribution in [0.3, 0.4) is 0 Å². The largest absolute Gasteiger partial charge is 0.383 e. The molecule has 2 amide bonds. The highest BCUT2D eigenvalue weighted by atomic mass is 16.5. The van der Waals surface area contributed by atoms with Crippen molar-refractivity contribution in [1.29, 1.82) is 0 Å². The number of rotatable bonds is 10. The Labute approximate surface area is 158 Å². The van der Waals surface area contributed by atoms with Crippen LogP contribution in [0.5, 0.6) is 0 Å². The first-order chi connectivity index (χ1) is 12.7. The van der Waals surface area contributed by atoms with Crippen LogP contribution in [-0.2, 0) is 14.3 Å². The molecule has 2 saturated carbocycles. The molecule has 0 heterocycles. The third-order valence-corrected chi connectivity index (χ3v) is 5.75. The normalized spacial score (nSPS) is 24.2. The van der Waals surface area contributed by atoms with Crippen LogP contribution >= 0.6 is 0 Å². The number of hydrogen-bond donors (Lipinski definition) is 3. The third kappa shape index (κ3) is 8.04. The Morgan fingerprint density at radius 2 is 1.65 bits per heavy atom. The van der Waals surface area contributed by atoms with E-state index in [1.165, 1.54) is 32.1 Å². The molecule has 26 heavy (non-hydrogen) atoms. The van der Waals surface area contributed by atoms with Gasteiger partial charge in [0.2, 0.25) is 11.8 Å². The van der Waals surface area contributed by atoms with Gasteiger partial charge in [-0.25, -0.2) is 0 Å². The van der Waals surface area contributed by atoms with Gasteiger partial charge in [-0.05, 0) is 44.4 Å². The fraction of sp³-hybridized carbons (Fsp3) is 0.900. The lowest BCUT2D eigenvalue weighted by Crippen LogP contribution is -2.42. The maximum Gasteiger partial charge on any atom is 0.223 e. The van der Waals surface area contributed by atoms with Crippen molar-refractivity contribution in [3.05, 3.63) is 0 Å². The van der Waals surface area contributed by atoms with E-state index in [0.29, 0.717) is 25.5 Å². The molecule has 3 N–H and O–H groups in total. The number of amides is 2. The SMILES string of the molecule is COCCNCCNC(=O)C1CCC(NC(=O)CC2CCCCC2)CC1. The summed E-state index contributed by atoms with van der Waals surface area (Å²) >= 11 is 0. The Hall–Kier alpha value is -1.14. The predicted octanol–water partition coefficient (Wildman–Crippen LogP) is 1.98. The topological polar surface area (TPSA) is 79.5 Å². The molecule has 0 aromatic heterocycles. The summed E-state index contributed by atoms with van der Waals surface area (Å²) in [5.74, 6) is 1.06. The number of ether oxygens (including phenoxy) is 1. The maximum atomic E-state index is 12.2. The Bertz CT molecular complexity index is 417. The van der Waals surface area contributed by atoms with Crippen LogP contribution in [0.2, 0.25) is 0 Å². The molecule has 0 unspecified atom stereocenters. The zero-order valence-corrected chi connectivity index (χ0v) is 16.4. The smallest absolute Gasteiger partial charge is 0.223 e. The molecule has 6 nitrogen and oxygen atoms in total. The lowest BCUT2D eigenvalue weighted by atomic mass is 9.84. The summed E-state index contributed by atoms with van der Waals surface area (Å²) in [6, 6.07) is 0.255. The quantitative estimate of drug-likeness (QED) is 0.516. The Balaban J connectivity index is 1.54. The minimum Gasteiger partial charge on any atom is -0.383 e. The van der Waals surface area contributed by atoms with Crippen molar-refractivity contribution >= 4 is 11.8 Å². The van der Waals surface area contributed by atoms with E-state index >= 15 is 0 Å². The zero-order valence-electron chi connectivity index (χ0n) is 16.4. The van der Waals surface area contributed by atoms with E-state index in [1.807, 2.05) is 0 Å². The first kappa shape index (κ1) is 21.2. The molecule has 6 heteroatoms. The van der Waals surface area contributed by atoms with Gasteiger partial charge in [0, 0.05) is 45.1 Å². The van der Waals surface area contributed by atoms with Gasteiger partial charge < -0.3 is 20.7 Å². The minimum absolute atomic E-state index is 0.0977. The summed E-state index contributed by atoms with van der Waals surface area (Å²) in [6.07, 6.45) is 10.6. The third-order valence-electron chi connectivity index (χ3n) is 5.75. The Kier molecular flexibility index (Phi) is 10.00. The summed E-state index contributed by atoms with van der Waals surface area (Å²) in [6.45, 7) is 2.91. The van der Waals surface area contributed by atoms with Crippen LogP contribution in [0, 0.1) is 11.8 Å². The molecule has 0 saturated heterocycles. The molecule has 0 radical (unpaired) electrons. The number of carbonyl (C=O) groups is 2. The lowest BCUT2D eigenvalue weighted by Gasteiger charge is -2.29. The van der Waals surface area contributed by atoms with E-state index in [2.05, 4.69) is 16.0 Å². The first-order valence-corrected chi connectivity index (χ1v) is 10.5. The van der Waals surface area contributed by atoms with E-state index in [-0.39, 0.29) is 23.8 Å². The van der Waals surface area contributed by atoms with Crippen molar-refractivity contribution in [2.45, 2.75) is 70.3 Å². The fourth-order valence-corrected chi connectivity index (χ4v) is 4.16. The highest BCUT2D eigenvalue weighted by Gasteiger charge is 2.27. The number of nitrogens with one attached hydrogen (secondary N) is 3. The maximum absolute atomic E-state index is 12.2. The summed E-state index contributed by atoms with van der Waals surface area (Å²) in [7, 11) is 1.68. The van der Waals surface area contributed by atoms with Gasteiger partial charge in [0.1, 0.15) is 0 Å². The number of methoxy groups -OCH3 is 1. The van der Waals surface area contributed by atoms with Crippen LogP contribution < -0.4 is 16.0 Å². The van der Waals surface area contributed by atoms with Gasteiger partial charge in [0.05, 0.1) is 6.61 Å². The number of hydrogen-bond acceptors (Lipinski definition) is 4. The molecule has 0 spiro atoms. The molecular formula is C20H37N3O3. The molecule has 0 bridgehead atoms. The Morgan fingerprint density at radius 1 is 0.923 bits per heavy atom. The fourth-order valence-electron chi connectivity index (χ4n) is 4.16. The van der Waals surface area contributed by atoms with Gasteiger partial charge >= 0.3 is 0 Å². The van der Waals surface area contributed by atoms with Crippen molar-refractivity contribution in [2.24, 2.45) is 11.8 Å². The summed E-state index contributed by atoms with van der Waals surface area (Å²) in [4.78, 5) is 24.5. The molecular weight excluding hydrogens is 330 g/mol. The van der Waals surface area contributed by atoms with E-state index in [9.17, 15) is 9.59 Å². The number of carbonyl (C=O) groups excluding carboxylic acids is 2. The van der Waals surface area contributed by atoms with E-state index in [0.717, 1.165) is 38.8 Å². The lowest BCUT2D eigenvalue weighted by molar-refractivity contribution is -0.126. The second-order valence-corrected chi connectivity index (χ2v) is 7.86. The van der Waals surface area contributed by atoms with E-state index in [4.69, 9.17) is 4.74 Å². The second kappa shape index (κ2) is 12.3. The van der Waals surface area contributed by atoms with Crippen molar-refractivity contribution < 1.29 is 14.3 Å². The molecule has 2 rings (SSSR count). The van der Waals surface area contributed by atoms with Crippen LogP contribution in [0.15, 0.2) is 0 Å². The van der Waals surface area contributed by atoms with Crippen LogP contribution in [-0.4, -0.2) is 51.2 Å². The highest BCUT2D eigenvalue weighted by molar-refractivity contribution is 5.79. The van der Waals surface area contributed by atoms with Crippen LogP contribution in [0.4, 0.5) is 0 Å². The van der Waals surface area contributed by atoms with Crippen molar-refractivity contribution in [3.8, 4) is 0 Å². The summed E-state index contributed by atoms with van der Waals surface area (Å²) in [5.41, 5.74) is 0. The standard InChI is InChI=1S/C20H37N3O3/c1-26-14-13-21-11-12-22-20(25)17-7-9-18(10-8-17)23-19(24)15-16-5-3-2-4-6-16/h16-18,21H,2-15H2,1H3,(H,22,25)(H,23,24). The molecule has 2 aliphatic rings. The average molecular weight is 368 g/mol. The van der Waals surface area contributed by atoms with Crippen LogP contribution in [0.25, 0.3) is 0 Å². The van der Waals surface area contributed by atoms with Gasteiger partial charge in [0.15, 0.2) is 0 Å². The summed E-state index contributed by atoms with van der Waals surface area (Å²) < 4.78 is 4.96. The van der Waals surface area contributed by atoms with Gasteiger partial charge in [-0.3, -0.25) is 9.59 Å². The van der Waals surface area contributed by atoms with Gasteiger partial charge in [-0.2, -0.15) is 0 Å². The van der Waals surface area contributed by atoms with Gasteiger partial charge in [0.25, 0.3) is 0 Å². The molecule has 0 aromatic rings. The first-order valence-electron chi connectivity index (χ1n) is 10.5. The van der Waals surface area contributed by atoms with Crippen molar-refractivity contribution in [3.63, 3.8) is 0 Å². The van der Waals surface area contributed by atoms with Gasteiger partial charge in [-0.1, -0.05) is 19.3 Å². The highest BCUT2D eigenvalue weighted by Crippen LogP contribution is 2.27. The van der Waals surface area contributed by atoms with E-state index in [1.54, 1.807) is 7.11 Å². The predicted molar refractivity (Wildman–Crippen MR) is 103 cm³/mol. The van der Waals surface area contributed by atoms with Crippen molar-refractivity contribution in [2.75, 3.05) is 33.4 Å². The average Bonchev–Trinajstić information content (AvgIpc) is 2.65. The Morgan fingerprint density at radius 3 is 2.35 bits per heavy atom. The second-order valence-electron chi connectivity index (χ2n) is 7.86. The summed E-state index contributed by atoms with van der Waals surface area (Å²) in [5, 5.41) is 9.43. The van der Waals surface area contributed by atoms with Crippen molar-refractivity contribution in [1.82, 2.24) is 16.0 Å². The molecule has 0 aliphatic heterocycles. The van der Waals surface area contributed by atoms with Crippen LogP contribution in [0.1, 0.15) is 64.2 Å². The monoisotopic (exact) mass is 367 g/mol. The molecule has 2 aliphatic carbocycles. The molecule has 0 atom stereocenters. The molecule has 0 aromatic carbocycles. The minimum atomic E-state index is 0.0977. The molecule has 2 fully saturated rings. The molecule has 150 valence electrons. The van der Waals surface area contributed by atoms with Gasteiger partial charge in [-0.15, -0.1) is 0 Å². The van der Waals surface area contributed by atoms with E-state index < -0.39 is 0 Å². The zero-order chi connectivity index (χ0) is 18.6.